The van der Waals surface area contributed by atoms with Crippen molar-refractivity contribution in [3.8, 4) is 11.5 Å². The second-order valence-electron chi connectivity index (χ2n) is 6.60. The summed E-state index contributed by atoms with van der Waals surface area (Å²) in [6.07, 6.45) is 0. The van der Waals surface area contributed by atoms with Crippen LogP contribution in [0.15, 0.2) is 72.8 Å². The third kappa shape index (κ3) is 5.46. The number of carbonyl (C=O) groups excluding carboxylic acids is 2. The van der Waals surface area contributed by atoms with Crippen molar-refractivity contribution in [3.05, 3.63) is 83.9 Å². The van der Waals surface area contributed by atoms with Gasteiger partial charge in [-0.1, -0.05) is 60.7 Å². The van der Waals surface area contributed by atoms with Crippen LogP contribution < -0.4 is 78.8 Å². The van der Waals surface area contributed by atoms with E-state index in [2.05, 4.69) is 0 Å². The van der Waals surface area contributed by atoms with E-state index in [-0.39, 0.29) is 95.0 Å². The summed E-state index contributed by atoms with van der Waals surface area (Å²) in [6, 6.07) is 20.7. The van der Waals surface area contributed by atoms with Crippen LogP contribution in [-0.2, 0) is 0 Å². The van der Waals surface area contributed by atoms with Gasteiger partial charge in [0, 0.05) is 21.9 Å². The van der Waals surface area contributed by atoms with Gasteiger partial charge in [-0.05, 0) is 22.9 Å². The number of fused-ring (bicyclic) bond motifs is 2. The number of aromatic carboxylic acids is 2. The molecule has 4 aromatic carbocycles. The Morgan fingerprint density at radius 3 is 1.34 bits per heavy atom. The van der Waals surface area contributed by atoms with E-state index in [1.165, 1.54) is 12.1 Å². The Morgan fingerprint density at radius 1 is 0.594 bits per heavy atom. The minimum atomic E-state index is -1.34. The maximum absolute atomic E-state index is 11.5. The van der Waals surface area contributed by atoms with Crippen molar-refractivity contribution in [2.45, 2.75) is 0 Å². The van der Waals surface area contributed by atoms with Gasteiger partial charge in [0.2, 0.25) is 0 Å². The van der Waals surface area contributed by atoms with Crippen molar-refractivity contribution < 1.29 is 88.4 Å². The zero-order valence-electron chi connectivity index (χ0n) is 17.8. The zero-order valence-corrected chi connectivity index (χ0v) is 21.8. The van der Waals surface area contributed by atoms with Gasteiger partial charge in [-0.15, -0.1) is 0 Å². The van der Waals surface area contributed by atoms with Crippen LogP contribution >= 0.6 is 0 Å². The van der Waals surface area contributed by atoms with Crippen LogP contribution in [0.25, 0.3) is 21.5 Å². The Hall–Kier alpha value is -2.06. The molecule has 32 heavy (non-hydrogen) atoms. The number of carboxylic acids is 2. The van der Waals surface area contributed by atoms with Crippen LogP contribution in [-0.4, -0.2) is 25.2 Å². The summed E-state index contributed by atoms with van der Waals surface area (Å²) in [4.78, 5) is 23.0. The Balaban J connectivity index is 0.00000181. The van der Waals surface area contributed by atoms with Gasteiger partial charge in [-0.3, -0.25) is 0 Å². The molecule has 0 aliphatic rings. The molecule has 0 spiro atoms. The van der Waals surface area contributed by atoms with E-state index in [0.717, 1.165) is 10.8 Å². The van der Waals surface area contributed by atoms with Crippen LogP contribution in [0.4, 0.5) is 0 Å². The van der Waals surface area contributed by atoms with Crippen LogP contribution in [0.3, 0.4) is 0 Å². The number of hydrogen-bond donors (Lipinski definition) is 0. The van der Waals surface area contributed by atoms with Crippen molar-refractivity contribution in [1.29, 1.82) is 0 Å². The van der Waals surface area contributed by atoms with E-state index in [4.69, 9.17) is 9.47 Å². The molecular weight excluding hydrogens is 430 g/mol. The Labute approximate surface area is 228 Å². The molecule has 0 saturated carbocycles. The minimum absolute atomic E-state index is 0. The quantitative estimate of drug-likeness (QED) is 0.213. The normalized spacial score (nSPS) is 10.1. The molecule has 0 amide bonds. The summed E-state index contributed by atoms with van der Waals surface area (Å²) >= 11 is 0. The number of carboxylic acid groups (broad SMARTS) is 2. The van der Waals surface area contributed by atoms with E-state index in [0.29, 0.717) is 10.8 Å². The van der Waals surface area contributed by atoms with Crippen molar-refractivity contribution in [3.63, 3.8) is 0 Å². The topological polar surface area (TPSA) is 98.7 Å². The number of hydrogen-bond acceptors (Lipinski definition) is 6. The maximum atomic E-state index is 11.5. The first-order valence-corrected chi connectivity index (χ1v) is 9.28. The monoisotopic (exact) mass is 446 g/mol. The summed E-state index contributed by atoms with van der Waals surface area (Å²) in [5.74, 6) is -2.31. The average Bonchev–Trinajstić information content (AvgIpc) is 2.76. The fourth-order valence-corrected chi connectivity index (χ4v) is 3.41. The molecule has 6 nitrogen and oxygen atoms in total. The third-order valence-corrected chi connectivity index (χ3v) is 4.78. The van der Waals surface area contributed by atoms with Crippen molar-refractivity contribution in [2.24, 2.45) is 0 Å². The molecule has 4 rings (SSSR count). The molecule has 0 radical (unpaired) electrons. The standard InChI is InChI=1S/C24H18O6.2Na/c25-23(26)19-11-9-15-5-1-3-7-17(15)21(19)29-13-14-30-22-18-8-4-2-6-16(18)10-12-20(22)24(27)28;;/h1-12H,13-14H2,(H,25,26)(H,27,28);;/q;2*+1/p-2. The van der Waals surface area contributed by atoms with E-state index in [1.54, 1.807) is 36.4 Å². The van der Waals surface area contributed by atoms with Crippen LogP contribution in [0, 0.1) is 0 Å². The molecule has 0 heterocycles. The number of ether oxygens (including phenoxy) is 2. The molecule has 8 heteroatoms. The van der Waals surface area contributed by atoms with Crippen LogP contribution in [0.5, 0.6) is 11.5 Å². The summed E-state index contributed by atoms with van der Waals surface area (Å²) in [5.41, 5.74) is -0.122. The number of carbonyl (C=O) groups is 2. The predicted molar refractivity (Wildman–Crippen MR) is 108 cm³/mol. The Bertz CT molecular complexity index is 1170. The van der Waals surface area contributed by atoms with Gasteiger partial charge in [-0.25, -0.2) is 0 Å². The summed E-state index contributed by atoms with van der Waals surface area (Å²) in [6.45, 7) is 0.00793. The molecule has 0 saturated heterocycles. The average molecular weight is 446 g/mol. The SMILES string of the molecule is O=C([O-])c1ccc2ccccc2c1OCCOc1c(C(=O)[O-])ccc2ccccc12.[Na+].[Na+]. The molecule has 4 aromatic rings. The fraction of sp³-hybridized carbons (Fsp3) is 0.0833. The van der Waals surface area contributed by atoms with Crippen LogP contribution in [0.1, 0.15) is 20.7 Å². The second-order valence-corrected chi connectivity index (χ2v) is 6.60. The number of benzene rings is 4. The molecule has 0 atom stereocenters. The number of rotatable bonds is 7. The Morgan fingerprint density at radius 2 is 0.969 bits per heavy atom. The van der Waals surface area contributed by atoms with E-state index in [1.807, 2.05) is 24.3 Å². The predicted octanol–water partition coefficient (Wildman–Crippen LogP) is -3.81. The molecule has 0 aliphatic carbocycles. The van der Waals surface area contributed by atoms with E-state index >= 15 is 0 Å². The van der Waals surface area contributed by atoms with E-state index < -0.39 is 11.9 Å². The molecule has 0 bridgehead atoms. The Kier molecular flexibility index (Phi) is 9.58. The van der Waals surface area contributed by atoms with Crippen molar-refractivity contribution in [2.75, 3.05) is 13.2 Å². The molecule has 0 unspecified atom stereocenters. The largest absolute Gasteiger partial charge is 1.00 e. The zero-order chi connectivity index (χ0) is 21.1. The van der Waals surface area contributed by atoms with Gasteiger partial charge in [0.05, 0.1) is 11.9 Å². The maximum Gasteiger partial charge on any atom is 1.00 e. The van der Waals surface area contributed by atoms with Gasteiger partial charge in [0.1, 0.15) is 24.7 Å². The first-order chi connectivity index (χ1) is 14.6. The van der Waals surface area contributed by atoms with Gasteiger partial charge < -0.3 is 29.3 Å². The van der Waals surface area contributed by atoms with Gasteiger partial charge in [0.15, 0.2) is 0 Å². The molecule has 0 N–H and O–H groups in total. The second kappa shape index (κ2) is 11.7. The summed E-state index contributed by atoms with van der Waals surface area (Å²) in [7, 11) is 0. The smallest absolute Gasteiger partial charge is 0.545 e. The fourth-order valence-electron chi connectivity index (χ4n) is 3.41. The molecule has 0 aliphatic heterocycles. The minimum Gasteiger partial charge on any atom is -0.545 e. The summed E-state index contributed by atoms with van der Waals surface area (Å²) < 4.78 is 11.5. The van der Waals surface area contributed by atoms with Gasteiger partial charge in [0.25, 0.3) is 0 Å². The van der Waals surface area contributed by atoms with E-state index in [9.17, 15) is 19.8 Å². The first kappa shape index (κ1) is 26.2. The van der Waals surface area contributed by atoms with Gasteiger partial charge in [-0.2, -0.15) is 0 Å². The molecule has 150 valence electrons. The summed E-state index contributed by atoms with van der Waals surface area (Å²) in [5, 5.41) is 25.9. The van der Waals surface area contributed by atoms with Crippen molar-refractivity contribution in [1.82, 2.24) is 0 Å². The third-order valence-electron chi connectivity index (χ3n) is 4.78. The van der Waals surface area contributed by atoms with Gasteiger partial charge >= 0.3 is 59.1 Å². The molecule has 0 aromatic heterocycles. The van der Waals surface area contributed by atoms with Crippen molar-refractivity contribution >= 4 is 33.5 Å². The molecular formula is C24H16Na2O6. The first-order valence-electron chi connectivity index (χ1n) is 9.28. The molecule has 0 fully saturated rings. The van der Waals surface area contributed by atoms with Crippen LogP contribution in [0.2, 0.25) is 0 Å².